The lowest BCUT2D eigenvalue weighted by Gasteiger charge is -2.25. The second-order valence-electron chi connectivity index (χ2n) is 11.3. The molecule has 0 aromatic heterocycles. The predicted octanol–water partition coefficient (Wildman–Crippen LogP) is 4.28. The van der Waals surface area contributed by atoms with E-state index in [4.69, 9.17) is 14.2 Å². The molecule has 10 heteroatoms. The van der Waals surface area contributed by atoms with Gasteiger partial charge in [-0.1, -0.05) is 62.4 Å². The van der Waals surface area contributed by atoms with E-state index in [1.54, 1.807) is 20.8 Å². The van der Waals surface area contributed by atoms with Crippen LogP contribution in [-0.2, 0) is 23.8 Å². The topological polar surface area (TPSA) is 140 Å². The van der Waals surface area contributed by atoms with E-state index in [9.17, 15) is 24.3 Å². The van der Waals surface area contributed by atoms with Crippen LogP contribution in [0.5, 0.6) is 0 Å². The fourth-order valence-corrected chi connectivity index (χ4v) is 4.51. The van der Waals surface area contributed by atoms with E-state index >= 15 is 0 Å². The first-order chi connectivity index (χ1) is 18.8. The molecule has 2 aromatic carbocycles. The fraction of sp³-hybridized carbons (Fsp3) is 0.467. The first-order valence-corrected chi connectivity index (χ1v) is 13.3. The summed E-state index contributed by atoms with van der Waals surface area (Å²) in [6, 6.07) is 13.1. The number of aliphatic hydroxyl groups excluding tert-OH is 1. The number of fused-ring (bicyclic) bond motifs is 3. The van der Waals surface area contributed by atoms with Gasteiger partial charge in [0, 0.05) is 5.92 Å². The predicted molar refractivity (Wildman–Crippen MR) is 147 cm³/mol. The molecule has 0 fully saturated rings. The lowest BCUT2D eigenvalue weighted by atomic mass is 9.98. The van der Waals surface area contributed by atoms with Gasteiger partial charge in [-0.2, -0.15) is 0 Å². The first kappa shape index (κ1) is 30.6. The quantitative estimate of drug-likeness (QED) is 0.237. The summed E-state index contributed by atoms with van der Waals surface area (Å²) in [6.07, 6.45) is -3.02. The molecule has 1 aliphatic carbocycles. The van der Waals surface area contributed by atoms with Gasteiger partial charge in [-0.25, -0.2) is 19.2 Å². The molecule has 40 heavy (non-hydrogen) atoms. The van der Waals surface area contributed by atoms with E-state index in [-0.39, 0.29) is 24.9 Å². The number of alkyl carbamates (subject to hydrolysis) is 2. The van der Waals surface area contributed by atoms with Crippen LogP contribution in [0.25, 0.3) is 11.1 Å². The van der Waals surface area contributed by atoms with Crippen LogP contribution in [0, 0.1) is 5.92 Å². The van der Waals surface area contributed by atoms with Crippen molar-refractivity contribution in [2.24, 2.45) is 5.92 Å². The Bertz CT molecular complexity index is 1190. The largest absolute Gasteiger partial charge is 0.449 e. The first-order valence-electron chi connectivity index (χ1n) is 13.3. The molecular formula is C30H38N2O8. The smallest absolute Gasteiger partial charge is 0.408 e. The average molecular weight is 555 g/mol. The Kier molecular flexibility index (Phi) is 9.92. The third-order valence-corrected chi connectivity index (χ3v) is 6.24. The van der Waals surface area contributed by atoms with Crippen LogP contribution >= 0.6 is 0 Å². The van der Waals surface area contributed by atoms with Crippen molar-refractivity contribution < 1.29 is 38.5 Å². The number of nitrogens with one attached hydrogen (secondary N) is 2. The van der Waals surface area contributed by atoms with Gasteiger partial charge in [-0.3, -0.25) is 0 Å². The Labute approximate surface area is 234 Å². The molecule has 216 valence electrons. The summed E-state index contributed by atoms with van der Waals surface area (Å²) < 4.78 is 15.6. The van der Waals surface area contributed by atoms with Gasteiger partial charge in [0.15, 0.2) is 6.04 Å². The SMILES string of the molecule is CC(C)C[C@H](NC(=O)OCC1c2ccccc2-c2ccccc21)C(=O)OC(=O)[C@@H](NC(=O)OC(C)(C)C)[C@@H](C)O. The second kappa shape index (κ2) is 13.0. The molecule has 2 aromatic rings. The van der Waals surface area contributed by atoms with Gasteiger partial charge in [0.05, 0.1) is 6.10 Å². The highest BCUT2D eigenvalue weighted by Crippen LogP contribution is 2.44. The van der Waals surface area contributed by atoms with Gasteiger partial charge < -0.3 is 30.0 Å². The van der Waals surface area contributed by atoms with Crippen molar-refractivity contribution in [2.45, 2.75) is 77.7 Å². The Morgan fingerprint density at radius 1 is 0.850 bits per heavy atom. The van der Waals surface area contributed by atoms with Crippen LogP contribution in [0.3, 0.4) is 0 Å². The van der Waals surface area contributed by atoms with Crippen LogP contribution in [-0.4, -0.2) is 59.6 Å². The fourth-order valence-electron chi connectivity index (χ4n) is 4.51. The summed E-state index contributed by atoms with van der Waals surface area (Å²) in [4.78, 5) is 50.5. The van der Waals surface area contributed by atoms with Crippen LogP contribution in [0.2, 0.25) is 0 Å². The third-order valence-electron chi connectivity index (χ3n) is 6.24. The average Bonchev–Trinajstić information content (AvgIpc) is 3.17. The van der Waals surface area contributed by atoms with E-state index in [0.717, 1.165) is 22.3 Å². The minimum atomic E-state index is -1.56. The zero-order valence-electron chi connectivity index (χ0n) is 23.7. The van der Waals surface area contributed by atoms with E-state index in [2.05, 4.69) is 10.6 Å². The van der Waals surface area contributed by atoms with E-state index in [1.807, 2.05) is 62.4 Å². The summed E-state index contributed by atoms with van der Waals surface area (Å²) in [5.74, 6) is -2.44. The highest BCUT2D eigenvalue weighted by atomic mass is 16.6. The Morgan fingerprint density at radius 3 is 1.90 bits per heavy atom. The summed E-state index contributed by atoms with van der Waals surface area (Å²) in [7, 11) is 0. The molecule has 1 aliphatic rings. The van der Waals surface area contributed by atoms with Gasteiger partial charge in [0.2, 0.25) is 0 Å². The van der Waals surface area contributed by atoms with Crippen LogP contribution in [0.15, 0.2) is 48.5 Å². The Hall–Kier alpha value is -3.92. The number of esters is 2. The minimum Gasteiger partial charge on any atom is -0.449 e. The standard InChI is InChI=1S/C30H38N2O8/c1-17(2)15-24(26(34)39-27(35)25(18(3)33)32-29(37)40-30(4,5)6)31-28(36)38-16-23-21-13-9-7-11-19(21)20-12-8-10-14-22(20)23/h7-14,17-18,23-25,33H,15-16H2,1-6H3,(H,31,36)(H,32,37)/t18-,24+,25+/m1/s1. The van der Waals surface area contributed by atoms with Crippen molar-refractivity contribution in [1.82, 2.24) is 10.6 Å². The molecular weight excluding hydrogens is 516 g/mol. The molecule has 0 heterocycles. The molecule has 0 bridgehead atoms. The number of carbonyl (C=O) groups excluding carboxylic acids is 4. The summed E-state index contributed by atoms with van der Waals surface area (Å²) in [6.45, 7) is 9.89. The Morgan fingerprint density at radius 2 is 1.40 bits per heavy atom. The summed E-state index contributed by atoms with van der Waals surface area (Å²) in [5.41, 5.74) is 3.41. The minimum absolute atomic E-state index is 0.0472. The van der Waals surface area contributed by atoms with E-state index in [0.29, 0.717) is 0 Å². The molecule has 0 spiro atoms. The van der Waals surface area contributed by atoms with Crippen LogP contribution in [0.1, 0.15) is 65.0 Å². The highest BCUT2D eigenvalue weighted by Gasteiger charge is 2.34. The zero-order valence-corrected chi connectivity index (χ0v) is 23.7. The molecule has 2 amide bonds. The van der Waals surface area contributed by atoms with Gasteiger partial charge in [0.1, 0.15) is 18.2 Å². The van der Waals surface area contributed by atoms with Gasteiger partial charge in [0.25, 0.3) is 0 Å². The molecule has 0 aliphatic heterocycles. The molecule has 10 nitrogen and oxygen atoms in total. The maximum Gasteiger partial charge on any atom is 0.408 e. The normalized spacial score (nSPS) is 14.8. The van der Waals surface area contributed by atoms with Gasteiger partial charge >= 0.3 is 24.1 Å². The van der Waals surface area contributed by atoms with Crippen molar-refractivity contribution in [3.05, 3.63) is 59.7 Å². The number of hydrogen-bond acceptors (Lipinski definition) is 8. The second-order valence-corrected chi connectivity index (χ2v) is 11.3. The summed E-state index contributed by atoms with van der Waals surface area (Å²) >= 11 is 0. The number of hydrogen-bond donors (Lipinski definition) is 3. The van der Waals surface area contributed by atoms with Gasteiger partial charge in [-0.05, 0) is 62.3 Å². The number of amides is 2. The number of benzene rings is 2. The molecule has 0 saturated carbocycles. The highest BCUT2D eigenvalue weighted by molar-refractivity contribution is 5.93. The number of aliphatic hydroxyl groups is 1. The van der Waals surface area contributed by atoms with E-state index in [1.165, 1.54) is 6.92 Å². The monoisotopic (exact) mass is 554 g/mol. The molecule has 3 N–H and O–H groups in total. The molecule has 0 unspecified atom stereocenters. The number of rotatable bonds is 9. The van der Waals surface area contributed by atoms with Crippen molar-refractivity contribution in [3.63, 3.8) is 0 Å². The Balaban J connectivity index is 1.64. The molecule has 3 rings (SSSR count). The molecule has 3 atom stereocenters. The number of ether oxygens (including phenoxy) is 3. The van der Waals surface area contributed by atoms with Crippen LogP contribution < -0.4 is 10.6 Å². The van der Waals surface area contributed by atoms with Crippen molar-refractivity contribution in [2.75, 3.05) is 6.61 Å². The van der Waals surface area contributed by atoms with Crippen molar-refractivity contribution in [3.8, 4) is 11.1 Å². The van der Waals surface area contributed by atoms with Crippen molar-refractivity contribution >= 4 is 24.1 Å². The molecule has 0 saturated heterocycles. The zero-order chi connectivity index (χ0) is 29.6. The third kappa shape index (κ3) is 8.05. The lowest BCUT2D eigenvalue weighted by molar-refractivity contribution is -0.164. The van der Waals surface area contributed by atoms with Crippen LogP contribution in [0.4, 0.5) is 9.59 Å². The molecule has 0 radical (unpaired) electrons. The van der Waals surface area contributed by atoms with Crippen molar-refractivity contribution in [1.29, 1.82) is 0 Å². The number of carbonyl (C=O) groups is 4. The maximum atomic E-state index is 12.9. The maximum absolute atomic E-state index is 12.9. The lowest BCUT2D eigenvalue weighted by Crippen LogP contribution is -2.52. The van der Waals surface area contributed by atoms with Gasteiger partial charge in [-0.15, -0.1) is 0 Å². The summed E-state index contributed by atoms with van der Waals surface area (Å²) in [5, 5.41) is 14.7. The van der Waals surface area contributed by atoms with E-state index < -0.39 is 47.9 Å².